The van der Waals surface area contributed by atoms with Gasteiger partial charge in [0.05, 0.1) is 38.6 Å². The SMILES string of the molecule is CC/C=C\C/C=C\C/C=C\C/C=C\C/C=C\CCCCCCCCCCCCCCCCCCCCCCCCCC(=O)NC(COC1OC(CO)C(OC2OC(CO)C(OC3OC(CO)C(O)C(O)C3O)C(O)C2O)C(O)C1O)C(O)/C=C/CC/C=C/CCCCCCCCCCCCCCCCCCCCCC. The third-order valence-corrected chi connectivity index (χ3v) is 21.9. The molecule has 3 rings (SSSR count). The van der Waals surface area contributed by atoms with Crippen molar-refractivity contribution in [3.05, 3.63) is 85.1 Å². The molecule has 3 fully saturated rings. The summed E-state index contributed by atoms with van der Waals surface area (Å²) in [5.74, 6) is -0.280. The highest BCUT2D eigenvalue weighted by molar-refractivity contribution is 5.76. The van der Waals surface area contributed by atoms with Gasteiger partial charge in [0.25, 0.3) is 0 Å². The van der Waals surface area contributed by atoms with Gasteiger partial charge in [0, 0.05) is 6.42 Å². The van der Waals surface area contributed by atoms with E-state index >= 15 is 0 Å². The van der Waals surface area contributed by atoms with Crippen molar-refractivity contribution in [2.75, 3.05) is 26.4 Å². The van der Waals surface area contributed by atoms with Crippen LogP contribution in [0.4, 0.5) is 0 Å². The van der Waals surface area contributed by atoms with Crippen LogP contribution in [-0.4, -0.2) is 193 Å². The Morgan fingerprint density at radius 1 is 0.336 bits per heavy atom. The largest absolute Gasteiger partial charge is 0.394 e. The minimum absolute atomic E-state index is 0.236. The number of allylic oxidation sites excluding steroid dienone is 13. The molecule has 0 spiro atoms. The number of aliphatic hydroxyl groups is 11. The fraction of sp³-hybridized carbons (Fsp3) is 0.835. The summed E-state index contributed by atoms with van der Waals surface area (Å²) in [5, 5.41) is 121. The highest BCUT2D eigenvalue weighted by Gasteiger charge is 2.54. The number of carbonyl (C=O) groups is 1. The number of unbranched alkanes of at least 4 members (excludes halogenated alkanes) is 44. The maximum absolute atomic E-state index is 13.5. The molecule has 0 radical (unpaired) electrons. The number of amides is 1. The Hall–Kier alpha value is -3.03. The van der Waals surface area contributed by atoms with Gasteiger partial charge in [-0.2, -0.15) is 0 Å². The van der Waals surface area contributed by atoms with E-state index < -0.39 is 124 Å². The number of rotatable bonds is 72. The molecule has 3 heterocycles. The number of aliphatic hydroxyl groups excluding tert-OH is 11. The van der Waals surface area contributed by atoms with Crippen molar-refractivity contribution in [2.45, 2.75) is 458 Å². The van der Waals surface area contributed by atoms with Gasteiger partial charge < -0.3 is 89.9 Å². The van der Waals surface area contributed by atoms with Crippen molar-refractivity contribution in [3.8, 4) is 0 Å². The van der Waals surface area contributed by atoms with Crippen LogP contribution in [0.25, 0.3) is 0 Å². The van der Waals surface area contributed by atoms with Crippen molar-refractivity contribution in [1.29, 1.82) is 0 Å². The molecule has 0 bridgehead atoms. The molecule has 0 aliphatic carbocycles. The van der Waals surface area contributed by atoms with Gasteiger partial charge in [-0.15, -0.1) is 0 Å². The Morgan fingerprint density at radius 2 is 0.636 bits per heavy atom. The maximum atomic E-state index is 13.5. The summed E-state index contributed by atoms with van der Waals surface area (Å²) >= 11 is 0. The van der Waals surface area contributed by atoms with E-state index in [4.69, 9.17) is 28.4 Å². The lowest BCUT2D eigenvalue weighted by Crippen LogP contribution is -2.66. The molecule has 19 heteroatoms. The van der Waals surface area contributed by atoms with Gasteiger partial charge in [0.15, 0.2) is 18.9 Å². The summed E-state index contributed by atoms with van der Waals surface area (Å²) in [6.07, 6.45) is 68.8. The lowest BCUT2D eigenvalue weighted by atomic mass is 9.96. The topological polar surface area (TPSA) is 307 Å². The second kappa shape index (κ2) is 70.2. The summed E-state index contributed by atoms with van der Waals surface area (Å²) in [6, 6.07) is -0.993. The highest BCUT2D eigenvalue weighted by Crippen LogP contribution is 2.33. The van der Waals surface area contributed by atoms with Crippen LogP contribution in [0.3, 0.4) is 0 Å². The van der Waals surface area contributed by atoms with E-state index in [-0.39, 0.29) is 18.9 Å². The number of hydrogen-bond acceptors (Lipinski definition) is 18. The molecule has 3 aliphatic heterocycles. The minimum atomic E-state index is -1.98. The first kappa shape index (κ1) is 101. The predicted octanol–water partition coefficient (Wildman–Crippen LogP) is 16.9. The quantitative estimate of drug-likeness (QED) is 0.0199. The zero-order valence-corrected chi connectivity index (χ0v) is 69.0. The first-order valence-corrected chi connectivity index (χ1v) is 44.8. The first-order chi connectivity index (χ1) is 53.8. The average molecular weight is 1560 g/mol. The number of nitrogens with one attached hydrogen (secondary N) is 1. The fourth-order valence-electron chi connectivity index (χ4n) is 14.8. The van der Waals surface area contributed by atoms with Crippen molar-refractivity contribution in [2.24, 2.45) is 0 Å². The molecule has 17 unspecified atom stereocenters. The van der Waals surface area contributed by atoms with Crippen LogP contribution in [-0.2, 0) is 33.2 Å². The second-order valence-corrected chi connectivity index (χ2v) is 31.7. The predicted molar refractivity (Wildman–Crippen MR) is 443 cm³/mol. The van der Waals surface area contributed by atoms with E-state index in [9.17, 15) is 61.0 Å². The van der Waals surface area contributed by atoms with Crippen LogP contribution in [0, 0.1) is 0 Å². The first-order valence-electron chi connectivity index (χ1n) is 44.8. The van der Waals surface area contributed by atoms with Crippen LogP contribution in [0.2, 0.25) is 0 Å². The van der Waals surface area contributed by atoms with Gasteiger partial charge in [-0.3, -0.25) is 4.79 Å². The molecule has 110 heavy (non-hydrogen) atoms. The van der Waals surface area contributed by atoms with Crippen LogP contribution < -0.4 is 5.32 Å². The van der Waals surface area contributed by atoms with E-state index in [0.717, 1.165) is 70.6 Å². The lowest BCUT2D eigenvalue weighted by Gasteiger charge is -2.48. The smallest absolute Gasteiger partial charge is 0.220 e. The van der Waals surface area contributed by atoms with Crippen molar-refractivity contribution < 1.29 is 89.4 Å². The normalized spacial score (nSPS) is 25.6. The number of ether oxygens (including phenoxy) is 6. The molecule has 640 valence electrons. The van der Waals surface area contributed by atoms with Crippen LogP contribution in [0.5, 0.6) is 0 Å². The monoisotopic (exact) mass is 1560 g/mol. The maximum Gasteiger partial charge on any atom is 0.220 e. The lowest BCUT2D eigenvalue weighted by molar-refractivity contribution is -0.379. The van der Waals surface area contributed by atoms with Gasteiger partial charge in [-0.1, -0.05) is 356 Å². The van der Waals surface area contributed by atoms with E-state index in [2.05, 4.69) is 92.1 Å². The fourth-order valence-corrected chi connectivity index (χ4v) is 14.8. The van der Waals surface area contributed by atoms with Gasteiger partial charge >= 0.3 is 0 Å². The molecule has 3 saturated heterocycles. The second-order valence-electron chi connectivity index (χ2n) is 31.7. The Kier molecular flexibility index (Phi) is 64.6. The zero-order valence-electron chi connectivity index (χ0n) is 69.0. The molecule has 0 saturated carbocycles. The minimum Gasteiger partial charge on any atom is -0.394 e. The summed E-state index contributed by atoms with van der Waals surface area (Å²) in [6.45, 7) is 1.65. The standard InChI is InChI=1S/C91H163NO18/c1-3-5-7-9-11-13-15-17-19-21-23-25-27-29-31-32-33-34-35-36-37-38-39-40-41-42-43-45-47-49-51-53-55-57-59-61-63-65-67-69-79(97)92-74(75(96)68-66-64-62-60-58-56-54-52-50-48-46-44-30-28-26-24-22-20-18-16-14-12-10-8-6-4-2)73-105-89-85(103)82(100)87(77(71-94)107-89)110-91-86(104)83(101)88(78(72-95)108-91)109-90-84(102)81(99)80(98)76(70-93)106-90/h5,7,11,13,17,19,23,25,29,31,58,60,66,68,74-78,80-91,93-96,98-104H,3-4,6,8-10,12,14-16,18,20-22,24,26-28,30,32-57,59,61-65,67,69-73H2,1-2H3,(H,92,97)/b7-5-,13-11-,19-17-,25-23-,31-29-,60-58+,68-66+. The van der Waals surface area contributed by atoms with E-state index in [1.165, 1.54) is 250 Å². The number of hydrogen-bond donors (Lipinski definition) is 12. The summed E-state index contributed by atoms with van der Waals surface area (Å²) in [7, 11) is 0. The summed E-state index contributed by atoms with van der Waals surface area (Å²) < 4.78 is 34.5. The third-order valence-electron chi connectivity index (χ3n) is 21.9. The van der Waals surface area contributed by atoms with E-state index in [1.807, 2.05) is 6.08 Å². The van der Waals surface area contributed by atoms with Crippen molar-refractivity contribution in [1.82, 2.24) is 5.32 Å². The Morgan fingerprint density at radius 3 is 1.02 bits per heavy atom. The Balaban J connectivity index is 1.32. The third kappa shape index (κ3) is 48.5. The van der Waals surface area contributed by atoms with Gasteiger partial charge in [0.1, 0.15) is 73.2 Å². The van der Waals surface area contributed by atoms with Gasteiger partial charge in [0.2, 0.25) is 5.91 Å². The molecular weight excluding hydrogens is 1390 g/mol. The number of carbonyl (C=O) groups excluding carboxylic acids is 1. The molecule has 1 amide bonds. The van der Waals surface area contributed by atoms with Crippen LogP contribution in [0.15, 0.2) is 85.1 Å². The van der Waals surface area contributed by atoms with Crippen molar-refractivity contribution in [3.63, 3.8) is 0 Å². The van der Waals surface area contributed by atoms with E-state index in [1.54, 1.807) is 6.08 Å². The Labute approximate surface area is 667 Å². The van der Waals surface area contributed by atoms with Gasteiger partial charge in [-0.25, -0.2) is 0 Å². The molecule has 3 aliphatic rings. The molecule has 0 aromatic carbocycles. The van der Waals surface area contributed by atoms with E-state index in [0.29, 0.717) is 12.8 Å². The molecule has 17 atom stereocenters. The molecule has 0 aromatic heterocycles. The molecule has 0 aromatic rings. The van der Waals surface area contributed by atoms with Crippen molar-refractivity contribution >= 4 is 5.91 Å². The van der Waals surface area contributed by atoms with Crippen LogP contribution >= 0.6 is 0 Å². The Bertz CT molecular complexity index is 2310. The molecule has 19 nitrogen and oxygen atoms in total. The van der Waals surface area contributed by atoms with Gasteiger partial charge in [-0.05, 0) is 77.0 Å². The van der Waals surface area contributed by atoms with Crippen LogP contribution in [0.1, 0.15) is 354 Å². The summed E-state index contributed by atoms with van der Waals surface area (Å²) in [5.41, 5.74) is 0. The summed E-state index contributed by atoms with van der Waals surface area (Å²) in [4.78, 5) is 13.5. The molecular formula is C91H163NO18. The highest BCUT2D eigenvalue weighted by atomic mass is 16.8. The average Bonchev–Trinajstić information content (AvgIpc) is 0.780. The molecule has 12 N–H and O–H groups in total. The zero-order chi connectivity index (χ0) is 79.5.